The number of aromatic nitrogens is 3. The van der Waals surface area contributed by atoms with Crippen LogP contribution in [0.25, 0.3) is 11.0 Å². The predicted octanol–water partition coefficient (Wildman–Crippen LogP) is 4.82. The zero-order chi connectivity index (χ0) is 25.2. The van der Waals surface area contributed by atoms with Gasteiger partial charge in [-0.25, -0.2) is 14.4 Å². The van der Waals surface area contributed by atoms with Gasteiger partial charge in [-0.05, 0) is 74.2 Å². The Kier molecular flexibility index (Phi) is 6.37. The van der Waals surface area contributed by atoms with Gasteiger partial charge in [0.1, 0.15) is 23.6 Å². The van der Waals surface area contributed by atoms with E-state index in [0.717, 1.165) is 22.4 Å². The van der Waals surface area contributed by atoms with Crippen molar-refractivity contribution in [2.75, 3.05) is 28.6 Å². The van der Waals surface area contributed by atoms with Crippen LogP contribution in [0.2, 0.25) is 0 Å². The Hall–Kier alpha value is -4.27. The lowest BCUT2D eigenvalue weighted by atomic mass is 9.95. The number of hydrogen-bond donors (Lipinski definition) is 3. The molecule has 0 spiro atoms. The molecule has 1 saturated heterocycles. The topological polar surface area (TPSA) is 103 Å². The van der Waals surface area contributed by atoms with Gasteiger partial charge in [0.05, 0.1) is 5.39 Å². The molecule has 3 N–H and O–H groups in total. The lowest BCUT2D eigenvalue weighted by Crippen LogP contribution is -2.38. The molecule has 5 rings (SSSR count). The number of aromatic amines is 1. The molecule has 2 aromatic heterocycles. The van der Waals surface area contributed by atoms with Gasteiger partial charge in [-0.1, -0.05) is 6.07 Å². The summed E-state index contributed by atoms with van der Waals surface area (Å²) in [5, 5.41) is 6.75. The summed E-state index contributed by atoms with van der Waals surface area (Å²) in [7, 11) is 0. The summed E-state index contributed by atoms with van der Waals surface area (Å²) < 4.78 is 13.5. The molecule has 184 valence electrons. The number of nitrogens with zero attached hydrogens (tertiary/aromatic N) is 3. The first-order valence-corrected chi connectivity index (χ1v) is 11.9. The van der Waals surface area contributed by atoms with Gasteiger partial charge in [0.2, 0.25) is 5.91 Å². The number of piperidine rings is 1. The minimum absolute atomic E-state index is 0.0629. The normalized spacial score (nSPS) is 14.1. The molecule has 4 aromatic rings. The largest absolute Gasteiger partial charge is 0.356 e. The zero-order valence-electron chi connectivity index (χ0n) is 20.1. The van der Waals surface area contributed by atoms with Crippen molar-refractivity contribution < 1.29 is 14.0 Å². The van der Waals surface area contributed by atoms with Crippen LogP contribution < -0.4 is 15.5 Å². The van der Waals surface area contributed by atoms with Crippen LogP contribution in [0.15, 0.2) is 55.0 Å². The highest BCUT2D eigenvalue weighted by molar-refractivity contribution is 6.05. The van der Waals surface area contributed by atoms with E-state index in [2.05, 4.69) is 30.5 Å². The van der Waals surface area contributed by atoms with Gasteiger partial charge in [0.15, 0.2) is 0 Å². The second kappa shape index (κ2) is 9.77. The molecule has 36 heavy (non-hydrogen) atoms. The second-order valence-corrected chi connectivity index (χ2v) is 9.14. The average molecular weight is 487 g/mol. The number of carbonyl (C=O) groups excluding carboxylic acids is 2. The lowest BCUT2D eigenvalue weighted by molar-refractivity contribution is -0.120. The maximum absolute atomic E-state index is 13.5. The quantitative estimate of drug-likeness (QED) is 0.375. The molecule has 2 amide bonds. The smallest absolute Gasteiger partial charge is 0.255 e. The van der Waals surface area contributed by atoms with Crippen molar-refractivity contribution in [1.29, 1.82) is 0 Å². The molecular weight excluding hydrogens is 459 g/mol. The van der Waals surface area contributed by atoms with Crippen LogP contribution in [0.5, 0.6) is 0 Å². The first kappa shape index (κ1) is 23.5. The number of benzene rings is 2. The summed E-state index contributed by atoms with van der Waals surface area (Å²) in [5.41, 5.74) is 3.84. The molecule has 0 aliphatic carbocycles. The monoisotopic (exact) mass is 486 g/mol. The molecule has 0 saturated carbocycles. The first-order chi connectivity index (χ1) is 17.4. The molecule has 0 bridgehead atoms. The van der Waals surface area contributed by atoms with Crippen molar-refractivity contribution in [2.24, 2.45) is 5.92 Å². The fraction of sp³-hybridized carbons (Fsp3) is 0.259. The minimum atomic E-state index is -0.332. The van der Waals surface area contributed by atoms with Crippen LogP contribution in [0.1, 0.15) is 34.3 Å². The Labute approximate surface area is 208 Å². The fourth-order valence-electron chi connectivity index (χ4n) is 4.60. The van der Waals surface area contributed by atoms with Gasteiger partial charge >= 0.3 is 0 Å². The standard InChI is InChI=1S/C27H27FN6O2/c1-16-12-21(6-7-22(16)28)33-27(36)19-4-3-5-20(13-19)32-26(35)18-8-10-34(11-9-18)25-23-17(2)14-29-24(23)30-15-31-25/h3-7,12-15,18H,8-11H2,1-2H3,(H,32,35)(H,33,36)(H,29,30,31). The molecule has 9 heteroatoms. The van der Waals surface area contributed by atoms with E-state index < -0.39 is 0 Å². The van der Waals surface area contributed by atoms with E-state index in [1.165, 1.54) is 12.1 Å². The number of anilines is 3. The van der Waals surface area contributed by atoms with E-state index in [-0.39, 0.29) is 23.5 Å². The number of rotatable bonds is 5. The zero-order valence-corrected chi connectivity index (χ0v) is 20.1. The van der Waals surface area contributed by atoms with E-state index >= 15 is 0 Å². The number of halogens is 1. The van der Waals surface area contributed by atoms with Crippen LogP contribution in [-0.2, 0) is 4.79 Å². The van der Waals surface area contributed by atoms with Gasteiger partial charge in [-0.2, -0.15) is 0 Å². The Morgan fingerprint density at radius 3 is 2.56 bits per heavy atom. The number of fused-ring (bicyclic) bond motifs is 1. The molecule has 1 fully saturated rings. The van der Waals surface area contributed by atoms with Crippen molar-refractivity contribution in [3.8, 4) is 0 Å². The van der Waals surface area contributed by atoms with Crippen LogP contribution in [0.4, 0.5) is 21.6 Å². The van der Waals surface area contributed by atoms with E-state index in [1.54, 1.807) is 43.6 Å². The summed E-state index contributed by atoms with van der Waals surface area (Å²) in [6.45, 7) is 5.10. The Morgan fingerprint density at radius 2 is 1.78 bits per heavy atom. The van der Waals surface area contributed by atoms with E-state index in [4.69, 9.17) is 0 Å². The molecule has 1 aliphatic heterocycles. The number of aryl methyl sites for hydroxylation is 2. The maximum Gasteiger partial charge on any atom is 0.255 e. The van der Waals surface area contributed by atoms with E-state index in [1.807, 2.05) is 13.1 Å². The molecule has 3 heterocycles. The highest BCUT2D eigenvalue weighted by atomic mass is 19.1. The number of hydrogen-bond acceptors (Lipinski definition) is 5. The third-order valence-corrected chi connectivity index (χ3v) is 6.62. The van der Waals surface area contributed by atoms with Gasteiger partial charge in [-0.3, -0.25) is 9.59 Å². The van der Waals surface area contributed by atoms with Gasteiger partial charge in [0.25, 0.3) is 5.91 Å². The molecule has 0 unspecified atom stereocenters. The molecule has 0 radical (unpaired) electrons. The molecule has 1 aliphatic rings. The van der Waals surface area contributed by atoms with Crippen LogP contribution in [-0.4, -0.2) is 39.9 Å². The van der Waals surface area contributed by atoms with Gasteiger partial charge in [0, 0.05) is 42.1 Å². The van der Waals surface area contributed by atoms with Crippen molar-refractivity contribution >= 4 is 40.0 Å². The summed E-state index contributed by atoms with van der Waals surface area (Å²) >= 11 is 0. The Bertz CT molecular complexity index is 1440. The predicted molar refractivity (Wildman–Crippen MR) is 138 cm³/mol. The third-order valence-electron chi connectivity index (χ3n) is 6.62. The van der Waals surface area contributed by atoms with Gasteiger partial charge in [-0.15, -0.1) is 0 Å². The average Bonchev–Trinajstić information content (AvgIpc) is 3.27. The molecule has 0 atom stereocenters. The maximum atomic E-state index is 13.5. The van der Waals surface area contributed by atoms with Crippen molar-refractivity contribution in [2.45, 2.75) is 26.7 Å². The minimum Gasteiger partial charge on any atom is -0.356 e. The number of amides is 2. The summed E-state index contributed by atoms with van der Waals surface area (Å²) in [5.74, 6) is 0.0420. The summed E-state index contributed by atoms with van der Waals surface area (Å²) in [6.07, 6.45) is 4.89. The van der Waals surface area contributed by atoms with Gasteiger partial charge < -0.3 is 20.5 Å². The Balaban J connectivity index is 1.20. The number of H-pyrrole nitrogens is 1. The molecule has 2 aromatic carbocycles. The number of carbonyl (C=O) groups is 2. The fourth-order valence-corrected chi connectivity index (χ4v) is 4.60. The second-order valence-electron chi connectivity index (χ2n) is 9.14. The highest BCUT2D eigenvalue weighted by Gasteiger charge is 2.27. The highest BCUT2D eigenvalue weighted by Crippen LogP contribution is 2.30. The lowest BCUT2D eigenvalue weighted by Gasteiger charge is -2.32. The first-order valence-electron chi connectivity index (χ1n) is 11.9. The van der Waals surface area contributed by atoms with E-state index in [0.29, 0.717) is 48.4 Å². The van der Waals surface area contributed by atoms with E-state index in [9.17, 15) is 14.0 Å². The summed E-state index contributed by atoms with van der Waals surface area (Å²) in [6, 6.07) is 11.2. The molecular formula is C27H27FN6O2. The van der Waals surface area contributed by atoms with Crippen molar-refractivity contribution in [3.63, 3.8) is 0 Å². The SMILES string of the molecule is Cc1cc(NC(=O)c2cccc(NC(=O)C3CCN(c4ncnc5[nH]cc(C)c45)CC3)c2)ccc1F. The Morgan fingerprint density at radius 1 is 1.00 bits per heavy atom. The van der Waals surface area contributed by atoms with Crippen molar-refractivity contribution in [3.05, 3.63) is 77.5 Å². The van der Waals surface area contributed by atoms with Crippen LogP contribution >= 0.6 is 0 Å². The number of nitrogens with one attached hydrogen (secondary N) is 3. The summed E-state index contributed by atoms with van der Waals surface area (Å²) in [4.78, 5) is 39.8. The van der Waals surface area contributed by atoms with Crippen LogP contribution in [0.3, 0.4) is 0 Å². The van der Waals surface area contributed by atoms with Crippen LogP contribution in [0, 0.1) is 25.6 Å². The van der Waals surface area contributed by atoms with Crippen molar-refractivity contribution in [1.82, 2.24) is 15.0 Å². The molecule has 8 nitrogen and oxygen atoms in total. The third kappa shape index (κ3) is 4.77.